The summed E-state index contributed by atoms with van der Waals surface area (Å²) in [7, 11) is -3.01. The van der Waals surface area contributed by atoms with E-state index in [-0.39, 0.29) is 42.3 Å². The molecule has 2 fully saturated rings. The van der Waals surface area contributed by atoms with E-state index in [0.717, 1.165) is 12.8 Å². The molecule has 2 aliphatic heterocycles. The van der Waals surface area contributed by atoms with Crippen LogP contribution in [0.15, 0.2) is 0 Å². The van der Waals surface area contributed by atoms with Gasteiger partial charge in [0.25, 0.3) is 0 Å². The lowest BCUT2D eigenvalue weighted by Crippen LogP contribution is -2.51. The van der Waals surface area contributed by atoms with Crippen LogP contribution in [0, 0.1) is 0 Å². The summed E-state index contributed by atoms with van der Waals surface area (Å²) in [6, 6.07) is -0.0817. The first-order valence-corrected chi connectivity index (χ1v) is 8.92. The first kappa shape index (κ1) is 15.7. The van der Waals surface area contributed by atoms with Crippen molar-refractivity contribution in [3.05, 3.63) is 0 Å². The Morgan fingerprint density at radius 1 is 1.25 bits per heavy atom. The van der Waals surface area contributed by atoms with Crippen molar-refractivity contribution in [2.75, 3.05) is 18.1 Å². The number of rotatable bonds is 4. The van der Waals surface area contributed by atoms with Gasteiger partial charge in [-0.2, -0.15) is 0 Å². The number of ether oxygens (including phenoxy) is 1. The van der Waals surface area contributed by atoms with Crippen molar-refractivity contribution in [3.63, 3.8) is 0 Å². The number of nitrogens with zero attached hydrogens (tertiary/aromatic N) is 1. The molecule has 7 heteroatoms. The first-order chi connectivity index (χ1) is 9.27. The van der Waals surface area contributed by atoms with Crippen LogP contribution in [0.2, 0.25) is 0 Å². The minimum atomic E-state index is -3.01. The van der Waals surface area contributed by atoms with E-state index in [1.807, 2.05) is 18.7 Å². The predicted octanol–water partition coefficient (Wildman–Crippen LogP) is 0.516. The highest BCUT2D eigenvalue weighted by atomic mass is 32.2. The molecule has 0 aliphatic carbocycles. The zero-order valence-electron chi connectivity index (χ0n) is 12.0. The summed E-state index contributed by atoms with van der Waals surface area (Å²) >= 11 is 0. The van der Waals surface area contributed by atoms with Crippen LogP contribution in [0.1, 0.15) is 33.1 Å². The normalized spacial score (nSPS) is 37.1. The van der Waals surface area contributed by atoms with Crippen molar-refractivity contribution >= 4 is 15.8 Å². The highest BCUT2D eigenvalue weighted by Crippen LogP contribution is 2.28. The van der Waals surface area contributed by atoms with Gasteiger partial charge in [-0.05, 0) is 33.1 Å². The predicted molar refractivity (Wildman–Crippen MR) is 74.4 cm³/mol. The molecule has 0 radical (unpaired) electrons. The molecule has 3 atom stereocenters. The summed E-state index contributed by atoms with van der Waals surface area (Å²) in [5.74, 6) is -0.649. The SMILES string of the molecule is CC1CC(N(CC(=O)O)C2CCS(=O)(=O)C2)CC(C)O1. The van der Waals surface area contributed by atoms with Gasteiger partial charge in [0.1, 0.15) is 0 Å². The van der Waals surface area contributed by atoms with Crippen LogP contribution in [-0.4, -0.2) is 66.7 Å². The zero-order valence-corrected chi connectivity index (χ0v) is 12.8. The van der Waals surface area contributed by atoms with Crippen LogP contribution in [-0.2, 0) is 19.4 Å². The maximum atomic E-state index is 11.6. The second-order valence-electron chi connectivity index (χ2n) is 6.01. The van der Waals surface area contributed by atoms with Crippen molar-refractivity contribution in [1.29, 1.82) is 0 Å². The lowest BCUT2D eigenvalue weighted by atomic mass is 9.96. The Hall–Kier alpha value is -0.660. The Morgan fingerprint density at radius 2 is 1.85 bits per heavy atom. The third-order valence-electron chi connectivity index (χ3n) is 4.14. The standard InChI is InChI=1S/C13H23NO5S/c1-9-5-12(6-10(2)19-9)14(7-13(15)16)11-3-4-20(17,18)8-11/h9-12H,3-8H2,1-2H3,(H,15,16). The first-order valence-electron chi connectivity index (χ1n) is 7.10. The Labute approximate surface area is 120 Å². The fourth-order valence-electron chi connectivity index (χ4n) is 3.39. The summed E-state index contributed by atoms with van der Waals surface area (Å²) in [6.45, 7) is 3.87. The third kappa shape index (κ3) is 3.93. The maximum absolute atomic E-state index is 11.6. The number of hydrogen-bond acceptors (Lipinski definition) is 5. The Kier molecular flexibility index (Phi) is 4.71. The number of carbonyl (C=O) groups is 1. The number of aliphatic carboxylic acids is 1. The van der Waals surface area contributed by atoms with Gasteiger partial charge in [-0.3, -0.25) is 9.69 Å². The van der Waals surface area contributed by atoms with Gasteiger partial charge in [-0.25, -0.2) is 8.42 Å². The van der Waals surface area contributed by atoms with Gasteiger partial charge in [0, 0.05) is 12.1 Å². The number of hydrogen-bond donors (Lipinski definition) is 1. The van der Waals surface area contributed by atoms with E-state index in [4.69, 9.17) is 9.84 Å². The number of sulfone groups is 1. The molecule has 0 aromatic rings. The molecule has 2 aliphatic rings. The molecule has 0 amide bonds. The lowest BCUT2D eigenvalue weighted by Gasteiger charge is -2.41. The molecule has 0 bridgehead atoms. The quantitative estimate of drug-likeness (QED) is 0.815. The topological polar surface area (TPSA) is 83.9 Å². The average Bonchev–Trinajstić information content (AvgIpc) is 2.64. The fourth-order valence-corrected chi connectivity index (χ4v) is 5.13. The van der Waals surface area contributed by atoms with Gasteiger partial charge in [-0.15, -0.1) is 0 Å². The smallest absolute Gasteiger partial charge is 0.317 e. The summed E-state index contributed by atoms with van der Waals surface area (Å²) in [5.41, 5.74) is 0. The van der Waals surface area contributed by atoms with E-state index in [9.17, 15) is 13.2 Å². The molecule has 6 nitrogen and oxygen atoms in total. The Morgan fingerprint density at radius 3 is 2.30 bits per heavy atom. The molecule has 20 heavy (non-hydrogen) atoms. The van der Waals surface area contributed by atoms with E-state index < -0.39 is 15.8 Å². The second-order valence-corrected chi connectivity index (χ2v) is 8.23. The number of carboxylic acids is 1. The molecule has 2 heterocycles. The molecular weight excluding hydrogens is 282 g/mol. The summed E-state index contributed by atoms with van der Waals surface area (Å²) < 4.78 is 29.0. The van der Waals surface area contributed by atoms with E-state index in [2.05, 4.69) is 0 Å². The summed E-state index contributed by atoms with van der Waals surface area (Å²) in [4.78, 5) is 13.0. The summed E-state index contributed by atoms with van der Waals surface area (Å²) in [5, 5.41) is 9.11. The van der Waals surface area contributed by atoms with Crippen LogP contribution in [0.5, 0.6) is 0 Å². The van der Waals surface area contributed by atoms with Crippen molar-refractivity contribution in [3.8, 4) is 0 Å². The van der Waals surface area contributed by atoms with Gasteiger partial charge in [0.15, 0.2) is 9.84 Å². The van der Waals surface area contributed by atoms with E-state index >= 15 is 0 Å². The van der Waals surface area contributed by atoms with Crippen molar-refractivity contribution < 1.29 is 23.1 Å². The molecule has 2 saturated heterocycles. The molecule has 0 saturated carbocycles. The summed E-state index contributed by atoms with van der Waals surface area (Å²) in [6.07, 6.45) is 2.22. The van der Waals surface area contributed by atoms with Crippen molar-refractivity contribution in [2.24, 2.45) is 0 Å². The van der Waals surface area contributed by atoms with E-state index in [0.29, 0.717) is 6.42 Å². The highest BCUT2D eigenvalue weighted by molar-refractivity contribution is 7.91. The Balaban J connectivity index is 2.13. The minimum Gasteiger partial charge on any atom is -0.480 e. The third-order valence-corrected chi connectivity index (χ3v) is 5.89. The average molecular weight is 305 g/mol. The van der Waals surface area contributed by atoms with Crippen LogP contribution in [0.3, 0.4) is 0 Å². The molecular formula is C13H23NO5S. The van der Waals surface area contributed by atoms with Gasteiger partial charge in [0.2, 0.25) is 0 Å². The van der Waals surface area contributed by atoms with Gasteiger partial charge in [0.05, 0.1) is 30.3 Å². The molecule has 0 aromatic carbocycles. The Bertz CT molecular complexity index is 453. The largest absolute Gasteiger partial charge is 0.480 e. The lowest BCUT2D eigenvalue weighted by molar-refractivity contribution is -0.141. The molecule has 0 aromatic heterocycles. The maximum Gasteiger partial charge on any atom is 0.317 e. The fraction of sp³-hybridized carbons (Fsp3) is 0.923. The zero-order chi connectivity index (χ0) is 14.9. The van der Waals surface area contributed by atoms with Gasteiger partial charge >= 0.3 is 5.97 Å². The van der Waals surface area contributed by atoms with Gasteiger partial charge in [-0.1, -0.05) is 0 Å². The van der Waals surface area contributed by atoms with E-state index in [1.165, 1.54) is 0 Å². The minimum absolute atomic E-state index is 0.0815. The molecule has 0 spiro atoms. The molecule has 3 unspecified atom stereocenters. The van der Waals surface area contributed by atoms with Gasteiger partial charge < -0.3 is 9.84 Å². The molecule has 2 rings (SSSR count). The highest BCUT2D eigenvalue weighted by Gasteiger charge is 2.38. The van der Waals surface area contributed by atoms with Crippen LogP contribution in [0.4, 0.5) is 0 Å². The molecule has 116 valence electrons. The van der Waals surface area contributed by atoms with Crippen LogP contribution in [0.25, 0.3) is 0 Å². The van der Waals surface area contributed by atoms with Crippen LogP contribution < -0.4 is 0 Å². The number of carboxylic acid groups (broad SMARTS) is 1. The second kappa shape index (κ2) is 5.99. The van der Waals surface area contributed by atoms with Crippen molar-refractivity contribution in [2.45, 2.75) is 57.4 Å². The van der Waals surface area contributed by atoms with Crippen molar-refractivity contribution in [1.82, 2.24) is 4.90 Å². The van der Waals surface area contributed by atoms with Crippen LogP contribution >= 0.6 is 0 Å². The van der Waals surface area contributed by atoms with E-state index in [1.54, 1.807) is 0 Å². The monoisotopic (exact) mass is 305 g/mol. The molecule has 1 N–H and O–H groups in total.